The molecule has 152 valence electrons. The van der Waals surface area contributed by atoms with Crippen LogP contribution in [0.3, 0.4) is 0 Å². The Hall–Kier alpha value is -3.15. The molecule has 0 fully saturated rings. The number of nitrogens with zero attached hydrogens (tertiary/aromatic N) is 1. The lowest BCUT2D eigenvalue weighted by atomic mass is 9.89. The molecule has 6 heteroatoms. The van der Waals surface area contributed by atoms with Crippen molar-refractivity contribution < 1.29 is 19.0 Å². The van der Waals surface area contributed by atoms with Crippen LogP contribution in [0.15, 0.2) is 42.5 Å². The molecule has 0 radical (unpaired) electrons. The molecule has 1 aromatic heterocycles. The molecule has 2 N–H and O–H groups in total. The summed E-state index contributed by atoms with van der Waals surface area (Å²) in [6.07, 6.45) is 0. The van der Waals surface area contributed by atoms with Crippen LogP contribution in [-0.4, -0.2) is 29.7 Å². The first-order chi connectivity index (χ1) is 13.8. The minimum absolute atomic E-state index is 0.108. The molecule has 0 saturated heterocycles. The summed E-state index contributed by atoms with van der Waals surface area (Å²) in [5.74, 6) is -0.107. The number of anilines is 1. The number of aromatic nitrogens is 1. The number of rotatable bonds is 6. The van der Waals surface area contributed by atoms with E-state index in [0.29, 0.717) is 17.9 Å². The standard InChI is InChI=1S/C23H25FN2O3/c1-13(2)20-21(15-5-7-16(24)8-6-15)18-10-9-17(27)11-19(18)26-22(20)25-12-14(3)23(28)29-4/h5-11,13-14,27H,12H2,1-4H3,(H,25,26). The molecule has 3 rings (SSSR count). The number of carbonyl (C=O) groups is 1. The van der Waals surface area contributed by atoms with E-state index in [-0.39, 0.29) is 29.4 Å². The van der Waals surface area contributed by atoms with Gasteiger partial charge >= 0.3 is 5.97 Å². The van der Waals surface area contributed by atoms with Crippen molar-refractivity contribution in [3.63, 3.8) is 0 Å². The van der Waals surface area contributed by atoms with Crippen LogP contribution in [-0.2, 0) is 9.53 Å². The fourth-order valence-corrected chi connectivity index (χ4v) is 3.43. The quantitative estimate of drug-likeness (QED) is 0.568. The second-order valence-corrected chi connectivity index (χ2v) is 7.42. The van der Waals surface area contributed by atoms with E-state index in [0.717, 1.165) is 22.1 Å². The molecule has 0 aliphatic rings. The summed E-state index contributed by atoms with van der Waals surface area (Å²) in [6.45, 7) is 6.25. The smallest absolute Gasteiger partial charge is 0.310 e. The van der Waals surface area contributed by atoms with E-state index in [1.165, 1.54) is 19.2 Å². The van der Waals surface area contributed by atoms with Gasteiger partial charge in [0.2, 0.25) is 0 Å². The Bertz CT molecular complexity index is 1030. The maximum atomic E-state index is 13.5. The van der Waals surface area contributed by atoms with Crippen LogP contribution in [0.1, 0.15) is 32.3 Å². The van der Waals surface area contributed by atoms with Gasteiger partial charge < -0.3 is 15.2 Å². The minimum atomic E-state index is -0.351. The van der Waals surface area contributed by atoms with Crippen molar-refractivity contribution >= 4 is 22.7 Å². The van der Waals surface area contributed by atoms with E-state index in [1.807, 2.05) is 6.07 Å². The molecule has 1 atom stereocenters. The third-order valence-electron chi connectivity index (χ3n) is 4.90. The molecule has 0 aliphatic carbocycles. The molecule has 5 nitrogen and oxygen atoms in total. The molecule has 3 aromatic rings. The highest BCUT2D eigenvalue weighted by atomic mass is 19.1. The van der Waals surface area contributed by atoms with Gasteiger partial charge in [-0.05, 0) is 41.3 Å². The largest absolute Gasteiger partial charge is 0.508 e. The zero-order valence-corrected chi connectivity index (χ0v) is 17.0. The Kier molecular flexibility index (Phi) is 6.01. The van der Waals surface area contributed by atoms with Crippen molar-refractivity contribution in [1.82, 2.24) is 4.98 Å². The number of esters is 1. The maximum Gasteiger partial charge on any atom is 0.310 e. The first-order valence-corrected chi connectivity index (χ1v) is 9.56. The van der Waals surface area contributed by atoms with Crippen LogP contribution in [0.5, 0.6) is 5.75 Å². The lowest BCUT2D eigenvalue weighted by molar-refractivity contribution is -0.144. The van der Waals surface area contributed by atoms with Crippen LogP contribution in [0.2, 0.25) is 0 Å². The highest BCUT2D eigenvalue weighted by Gasteiger charge is 2.21. The normalized spacial score (nSPS) is 12.2. The number of phenolic OH excluding ortho intramolecular Hbond substituents is 1. The van der Waals surface area contributed by atoms with Crippen LogP contribution >= 0.6 is 0 Å². The summed E-state index contributed by atoms with van der Waals surface area (Å²) in [5, 5.41) is 14.1. The zero-order chi connectivity index (χ0) is 21.1. The van der Waals surface area contributed by atoms with E-state index in [4.69, 9.17) is 9.72 Å². The summed E-state index contributed by atoms with van der Waals surface area (Å²) in [6, 6.07) is 11.4. The average molecular weight is 396 g/mol. The summed E-state index contributed by atoms with van der Waals surface area (Å²) < 4.78 is 18.3. The molecular formula is C23H25FN2O3. The fraction of sp³-hybridized carbons (Fsp3) is 0.304. The SMILES string of the molecule is COC(=O)C(C)CNc1nc2cc(O)ccc2c(-c2ccc(F)cc2)c1C(C)C. The Morgan fingerprint density at radius 3 is 2.48 bits per heavy atom. The van der Waals surface area contributed by atoms with Crippen molar-refractivity contribution in [2.45, 2.75) is 26.7 Å². The number of fused-ring (bicyclic) bond motifs is 1. The number of methoxy groups -OCH3 is 1. The highest BCUT2D eigenvalue weighted by molar-refractivity contribution is 5.99. The van der Waals surface area contributed by atoms with Crippen molar-refractivity contribution in [1.29, 1.82) is 0 Å². The van der Waals surface area contributed by atoms with Gasteiger partial charge in [-0.2, -0.15) is 0 Å². The molecule has 1 heterocycles. The number of benzene rings is 2. The first-order valence-electron chi connectivity index (χ1n) is 9.56. The van der Waals surface area contributed by atoms with Crippen LogP contribution in [0, 0.1) is 11.7 Å². The third-order valence-corrected chi connectivity index (χ3v) is 4.90. The van der Waals surface area contributed by atoms with Gasteiger partial charge in [-0.1, -0.05) is 32.9 Å². The van der Waals surface area contributed by atoms with Crippen molar-refractivity contribution in [2.24, 2.45) is 5.92 Å². The van der Waals surface area contributed by atoms with Gasteiger partial charge in [0, 0.05) is 23.6 Å². The molecule has 0 aliphatic heterocycles. The van der Waals surface area contributed by atoms with Gasteiger partial charge in [0.15, 0.2) is 0 Å². The lowest BCUT2D eigenvalue weighted by Gasteiger charge is -2.22. The maximum absolute atomic E-state index is 13.5. The minimum Gasteiger partial charge on any atom is -0.508 e. The van der Waals surface area contributed by atoms with E-state index >= 15 is 0 Å². The first kappa shape index (κ1) is 20.6. The number of nitrogens with one attached hydrogen (secondary N) is 1. The Morgan fingerprint density at radius 1 is 1.17 bits per heavy atom. The van der Waals surface area contributed by atoms with Crippen molar-refractivity contribution in [2.75, 3.05) is 19.0 Å². The van der Waals surface area contributed by atoms with E-state index in [2.05, 4.69) is 19.2 Å². The number of pyridine rings is 1. The molecule has 29 heavy (non-hydrogen) atoms. The van der Waals surface area contributed by atoms with Gasteiger partial charge in [0.05, 0.1) is 18.5 Å². The summed E-state index contributed by atoms with van der Waals surface area (Å²) >= 11 is 0. The number of hydrogen-bond acceptors (Lipinski definition) is 5. The second-order valence-electron chi connectivity index (χ2n) is 7.42. The molecule has 0 spiro atoms. The van der Waals surface area contributed by atoms with Gasteiger partial charge in [-0.15, -0.1) is 0 Å². The monoisotopic (exact) mass is 396 g/mol. The van der Waals surface area contributed by atoms with E-state index < -0.39 is 0 Å². The number of hydrogen-bond donors (Lipinski definition) is 2. The van der Waals surface area contributed by atoms with Crippen molar-refractivity contribution in [3.05, 3.63) is 53.8 Å². The number of phenols is 1. The highest BCUT2D eigenvalue weighted by Crippen LogP contribution is 2.40. The molecule has 0 saturated carbocycles. The Balaban J connectivity index is 2.21. The summed E-state index contributed by atoms with van der Waals surface area (Å²) in [4.78, 5) is 16.5. The molecule has 1 unspecified atom stereocenters. The lowest BCUT2D eigenvalue weighted by Crippen LogP contribution is -2.22. The number of carbonyl (C=O) groups excluding carboxylic acids is 1. The third kappa shape index (κ3) is 4.31. The fourth-order valence-electron chi connectivity index (χ4n) is 3.43. The van der Waals surface area contributed by atoms with Gasteiger partial charge in [-0.3, -0.25) is 4.79 Å². The topological polar surface area (TPSA) is 71.5 Å². The second kappa shape index (κ2) is 8.47. The Morgan fingerprint density at radius 2 is 1.86 bits per heavy atom. The summed E-state index contributed by atoms with van der Waals surface area (Å²) in [7, 11) is 1.36. The zero-order valence-electron chi connectivity index (χ0n) is 17.0. The number of halogens is 1. The molecule has 0 amide bonds. The van der Waals surface area contributed by atoms with Crippen LogP contribution in [0.4, 0.5) is 10.2 Å². The molecule has 0 bridgehead atoms. The number of ether oxygens (including phenoxy) is 1. The van der Waals surface area contributed by atoms with Gasteiger partial charge in [0.1, 0.15) is 17.4 Å². The number of aromatic hydroxyl groups is 1. The summed E-state index contributed by atoms with van der Waals surface area (Å²) in [5.41, 5.74) is 3.37. The van der Waals surface area contributed by atoms with Crippen LogP contribution in [0.25, 0.3) is 22.0 Å². The van der Waals surface area contributed by atoms with Gasteiger partial charge in [-0.25, -0.2) is 9.37 Å². The predicted octanol–water partition coefficient (Wildman–Crippen LogP) is 5.09. The van der Waals surface area contributed by atoms with Crippen molar-refractivity contribution in [3.8, 4) is 16.9 Å². The van der Waals surface area contributed by atoms with Gasteiger partial charge in [0.25, 0.3) is 0 Å². The van der Waals surface area contributed by atoms with E-state index in [9.17, 15) is 14.3 Å². The Labute approximate surface area is 169 Å². The average Bonchev–Trinajstić information content (AvgIpc) is 2.70. The molecule has 2 aromatic carbocycles. The van der Waals surface area contributed by atoms with Crippen LogP contribution < -0.4 is 5.32 Å². The predicted molar refractivity (Wildman–Crippen MR) is 113 cm³/mol. The molecular weight excluding hydrogens is 371 g/mol. The van der Waals surface area contributed by atoms with E-state index in [1.54, 1.807) is 31.2 Å².